The molecule has 1 N–H and O–H groups in total. The Hall–Kier alpha value is -3.06. The third-order valence-corrected chi connectivity index (χ3v) is 7.46. The zero-order valence-electron chi connectivity index (χ0n) is 17.6. The summed E-state index contributed by atoms with van der Waals surface area (Å²) >= 11 is 1.36. The van der Waals surface area contributed by atoms with Crippen LogP contribution < -0.4 is 5.32 Å². The first-order valence-corrected chi connectivity index (χ1v) is 11.8. The lowest BCUT2D eigenvalue weighted by molar-refractivity contribution is -0.132. The molecule has 7 heteroatoms. The Morgan fingerprint density at radius 3 is 2.59 bits per heavy atom. The molecule has 2 aliphatic rings. The molecule has 164 valence electrons. The van der Waals surface area contributed by atoms with Crippen LogP contribution in [0.1, 0.15) is 40.4 Å². The molecule has 32 heavy (non-hydrogen) atoms. The van der Waals surface area contributed by atoms with E-state index in [1.807, 2.05) is 28.5 Å². The van der Waals surface area contributed by atoms with E-state index in [-0.39, 0.29) is 24.1 Å². The van der Waals surface area contributed by atoms with E-state index in [2.05, 4.69) is 16.4 Å². The average molecular weight is 450 g/mol. The fraction of sp³-hybridized carbons (Fsp3) is 0.320. The molecule has 0 bridgehead atoms. The van der Waals surface area contributed by atoms with Gasteiger partial charge in [-0.15, -0.1) is 11.3 Å². The van der Waals surface area contributed by atoms with Gasteiger partial charge in [0, 0.05) is 42.1 Å². The highest BCUT2D eigenvalue weighted by Crippen LogP contribution is 2.36. The molecule has 1 fully saturated rings. The van der Waals surface area contributed by atoms with Crippen LogP contribution >= 0.6 is 11.3 Å². The van der Waals surface area contributed by atoms with Gasteiger partial charge in [-0.25, -0.2) is 9.37 Å². The molecular formula is C25H24FN3O2S. The van der Waals surface area contributed by atoms with Crippen LogP contribution in [0.15, 0.2) is 53.9 Å². The molecule has 0 spiro atoms. The number of piperidine rings is 1. The Bertz CT molecular complexity index is 1150. The van der Waals surface area contributed by atoms with Gasteiger partial charge in [-0.1, -0.05) is 30.3 Å². The number of nitrogens with zero attached hydrogens (tertiary/aromatic N) is 2. The Morgan fingerprint density at radius 2 is 1.81 bits per heavy atom. The van der Waals surface area contributed by atoms with Crippen molar-refractivity contribution >= 4 is 23.2 Å². The van der Waals surface area contributed by atoms with Gasteiger partial charge in [-0.2, -0.15) is 0 Å². The Morgan fingerprint density at radius 1 is 1.09 bits per heavy atom. The minimum absolute atomic E-state index is 0.00230. The number of carbonyl (C=O) groups excluding carboxylic acids is 2. The lowest BCUT2D eigenvalue weighted by Crippen LogP contribution is -2.44. The van der Waals surface area contributed by atoms with Gasteiger partial charge in [-0.3, -0.25) is 9.59 Å². The van der Waals surface area contributed by atoms with Crippen molar-refractivity contribution in [1.29, 1.82) is 0 Å². The molecule has 1 aromatic heterocycles. The first kappa shape index (κ1) is 20.8. The zero-order chi connectivity index (χ0) is 22.1. The minimum Gasteiger partial charge on any atom is -0.351 e. The smallest absolute Gasteiger partial charge is 0.251 e. The fourth-order valence-corrected chi connectivity index (χ4v) is 5.67. The fourth-order valence-electron chi connectivity index (χ4n) is 4.82. The molecule has 1 unspecified atom stereocenters. The number of hydrogen-bond acceptors (Lipinski definition) is 4. The molecule has 3 aromatic rings. The van der Waals surface area contributed by atoms with E-state index in [1.165, 1.54) is 17.4 Å². The second-order valence-corrected chi connectivity index (χ2v) is 9.28. The summed E-state index contributed by atoms with van der Waals surface area (Å²) in [6, 6.07) is 14.4. The number of nitrogens with one attached hydrogen (secondary N) is 1. The predicted molar refractivity (Wildman–Crippen MR) is 122 cm³/mol. The molecule has 5 nitrogen and oxygen atoms in total. The molecular weight excluding hydrogens is 425 g/mol. The molecule has 3 heterocycles. The minimum atomic E-state index is -0.303. The lowest BCUT2D eigenvalue weighted by Gasteiger charge is -2.38. The molecule has 0 saturated carbocycles. The Labute approximate surface area is 190 Å². The number of fused-ring (bicyclic) bond motifs is 1. The van der Waals surface area contributed by atoms with E-state index in [9.17, 15) is 14.0 Å². The summed E-state index contributed by atoms with van der Waals surface area (Å²) in [5, 5.41) is 5.46. The highest BCUT2D eigenvalue weighted by atomic mass is 32.1. The number of likely N-dealkylation sites (tertiary alicyclic amines) is 1. The van der Waals surface area contributed by atoms with Crippen LogP contribution in [-0.2, 0) is 11.2 Å². The normalized spacial score (nSPS) is 18.8. The molecule has 5 rings (SSSR count). The number of hydrogen-bond donors (Lipinski definition) is 1. The molecule has 2 amide bonds. The summed E-state index contributed by atoms with van der Waals surface area (Å²) in [7, 11) is 0. The molecule has 2 aromatic carbocycles. The van der Waals surface area contributed by atoms with Crippen molar-refractivity contribution in [2.24, 2.45) is 5.92 Å². The van der Waals surface area contributed by atoms with Crippen LogP contribution in [0.2, 0.25) is 0 Å². The van der Waals surface area contributed by atoms with Gasteiger partial charge in [-0.05, 0) is 42.5 Å². The Kier molecular flexibility index (Phi) is 5.74. The monoisotopic (exact) mass is 449 g/mol. The third kappa shape index (κ3) is 4.05. The predicted octanol–water partition coefficient (Wildman–Crippen LogP) is 4.26. The third-order valence-electron chi connectivity index (χ3n) is 6.54. The number of aromatic nitrogens is 1. The summed E-state index contributed by atoms with van der Waals surface area (Å²) in [5.41, 5.74) is 3.06. The largest absolute Gasteiger partial charge is 0.351 e. The highest BCUT2D eigenvalue weighted by molar-refractivity contribution is 7.13. The standard InChI is InChI=1S/C25H24FN3O2S/c26-22-8-4-3-7-20(22)25-28-17(15-32-25)13-23(30)29-11-9-16(10-12-29)21-14-27-24(31)19-6-2-1-5-18(19)21/h1-8,15-16,21H,9-14H2,(H,27,31). The van der Waals surface area contributed by atoms with Crippen molar-refractivity contribution in [2.45, 2.75) is 25.2 Å². The number of carbonyl (C=O) groups is 2. The van der Waals surface area contributed by atoms with Crippen molar-refractivity contribution in [3.63, 3.8) is 0 Å². The zero-order valence-corrected chi connectivity index (χ0v) is 18.4. The first-order valence-electron chi connectivity index (χ1n) is 10.9. The van der Waals surface area contributed by atoms with Crippen molar-refractivity contribution in [3.05, 3.63) is 76.5 Å². The quantitative estimate of drug-likeness (QED) is 0.648. The van der Waals surface area contributed by atoms with Gasteiger partial charge in [0.05, 0.1) is 12.1 Å². The number of rotatable bonds is 4. The SMILES string of the molecule is O=C1NCC(C2CCN(C(=O)Cc3csc(-c4ccccc4F)n3)CC2)c2ccccc21. The average Bonchev–Trinajstić information content (AvgIpc) is 3.28. The van der Waals surface area contributed by atoms with Gasteiger partial charge < -0.3 is 10.2 Å². The summed E-state index contributed by atoms with van der Waals surface area (Å²) in [6.07, 6.45) is 2.06. The summed E-state index contributed by atoms with van der Waals surface area (Å²) in [6.45, 7) is 2.08. The van der Waals surface area contributed by atoms with Crippen LogP contribution in [0, 0.1) is 11.7 Å². The first-order chi connectivity index (χ1) is 15.6. The van der Waals surface area contributed by atoms with E-state index < -0.39 is 0 Å². The molecule has 0 radical (unpaired) electrons. The summed E-state index contributed by atoms with van der Waals surface area (Å²) in [4.78, 5) is 31.4. The van der Waals surface area contributed by atoms with Gasteiger partial charge >= 0.3 is 0 Å². The van der Waals surface area contributed by atoms with E-state index >= 15 is 0 Å². The molecule has 2 aliphatic heterocycles. The van der Waals surface area contributed by atoms with Crippen LogP contribution in [0.5, 0.6) is 0 Å². The second kappa shape index (κ2) is 8.82. The number of amides is 2. The number of thiazole rings is 1. The van der Waals surface area contributed by atoms with E-state index in [1.54, 1.807) is 18.2 Å². The van der Waals surface area contributed by atoms with Crippen molar-refractivity contribution in [3.8, 4) is 10.6 Å². The number of benzene rings is 2. The van der Waals surface area contributed by atoms with Gasteiger partial charge in [0.1, 0.15) is 10.8 Å². The van der Waals surface area contributed by atoms with Crippen LogP contribution in [0.3, 0.4) is 0 Å². The maximum atomic E-state index is 14.0. The lowest BCUT2D eigenvalue weighted by atomic mass is 9.76. The topological polar surface area (TPSA) is 62.3 Å². The highest BCUT2D eigenvalue weighted by Gasteiger charge is 2.34. The molecule has 0 aliphatic carbocycles. The molecule has 1 saturated heterocycles. The van der Waals surface area contributed by atoms with Crippen LogP contribution in [0.4, 0.5) is 4.39 Å². The van der Waals surface area contributed by atoms with E-state index in [0.29, 0.717) is 47.7 Å². The van der Waals surface area contributed by atoms with Gasteiger partial charge in [0.25, 0.3) is 5.91 Å². The Balaban J connectivity index is 1.20. The summed E-state index contributed by atoms with van der Waals surface area (Å²) < 4.78 is 14.0. The van der Waals surface area contributed by atoms with Gasteiger partial charge in [0.2, 0.25) is 5.91 Å². The van der Waals surface area contributed by atoms with E-state index in [0.717, 1.165) is 24.0 Å². The van der Waals surface area contributed by atoms with Crippen LogP contribution in [0.25, 0.3) is 10.6 Å². The van der Waals surface area contributed by atoms with Crippen molar-refractivity contribution < 1.29 is 14.0 Å². The van der Waals surface area contributed by atoms with E-state index in [4.69, 9.17) is 0 Å². The maximum Gasteiger partial charge on any atom is 0.251 e. The van der Waals surface area contributed by atoms with Crippen molar-refractivity contribution in [1.82, 2.24) is 15.2 Å². The summed E-state index contributed by atoms with van der Waals surface area (Å²) in [5.74, 6) is 0.492. The van der Waals surface area contributed by atoms with Crippen LogP contribution in [-0.4, -0.2) is 41.3 Å². The number of halogens is 1. The second-order valence-electron chi connectivity index (χ2n) is 8.42. The molecule has 1 atom stereocenters. The van der Waals surface area contributed by atoms with Crippen molar-refractivity contribution in [2.75, 3.05) is 19.6 Å². The maximum absolute atomic E-state index is 14.0. The van der Waals surface area contributed by atoms with Gasteiger partial charge in [0.15, 0.2) is 0 Å².